The average molecular weight is 519 g/mol. The number of aromatic nitrogens is 1. The van der Waals surface area contributed by atoms with Gasteiger partial charge in [0.2, 0.25) is 23.6 Å². The number of carbonyl (C=O) groups is 5. The second kappa shape index (κ2) is 13.4. The first-order chi connectivity index (χ1) is 17.4. The molecular weight excluding hydrogens is 484 g/mol. The third kappa shape index (κ3) is 8.29. The van der Waals surface area contributed by atoms with E-state index in [4.69, 9.17) is 11.5 Å². The Morgan fingerprint density at radius 3 is 2.19 bits per heavy atom. The predicted molar refractivity (Wildman–Crippen MR) is 134 cm³/mol. The molecule has 0 fully saturated rings. The number of para-hydroxylation sites is 1. The van der Waals surface area contributed by atoms with Crippen molar-refractivity contribution in [1.82, 2.24) is 20.9 Å². The Kier molecular flexibility index (Phi) is 10.6. The molecule has 1 aromatic heterocycles. The number of carboxylic acid groups (broad SMARTS) is 1. The molecule has 37 heavy (non-hydrogen) atoms. The highest BCUT2D eigenvalue weighted by Gasteiger charge is 2.31. The number of nitrogens with one attached hydrogen (secondary N) is 4. The van der Waals surface area contributed by atoms with Gasteiger partial charge in [-0.15, -0.1) is 0 Å². The third-order valence-electron chi connectivity index (χ3n) is 5.81. The van der Waals surface area contributed by atoms with Crippen LogP contribution < -0.4 is 27.4 Å². The summed E-state index contributed by atoms with van der Waals surface area (Å²) in [6.07, 6.45) is 1.46. The molecule has 0 bridgehead atoms. The number of carbonyl (C=O) groups excluding carboxylic acids is 4. The van der Waals surface area contributed by atoms with Gasteiger partial charge in [-0.05, 0) is 30.4 Å². The van der Waals surface area contributed by atoms with E-state index in [2.05, 4.69) is 20.9 Å². The maximum absolute atomic E-state index is 12.9. The highest BCUT2D eigenvalue weighted by molar-refractivity contribution is 5.94. The topological polar surface area (TPSA) is 230 Å². The Hall–Kier alpha value is -3.97. The molecule has 2 aromatic rings. The van der Waals surface area contributed by atoms with Crippen molar-refractivity contribution in [3.63, 3.8) is 0 Å². The number of aliphatic hydroxyl groups excluding tert-OH is 1. The number of carboxylic acids is 1. The maximum atomic E-state index is 12.9. The minimum Gasteiger partial charge on any atom is -0.480 e. The van der Waals surface area contributed by atoms with Crippen LogP contribution in [-0.2, 0) is 30.4 Å². The summed E-state index contributed by atoms with van der Waals surface area (Å²) in [6, 6.07) is 2.39. The van der Waals surface area contributed by atoms with Crippen molar-refractivity contribution in [2.45, 2.75) is 57.3 Å². The van der Waals surface area contributed by atoms with Gasteiger partial charge in [-0.25, -0.2) is 4.79 Å². The Balaban J connectivity index is 2.09. The van der Waals surface area contributed by atoms with Crippen molar-refractivity contribution in [3.05, 3.63) is 36.0 Å². The van der Waals surface area contributed by atoms with Crippen LogP contribution in [0.15, 0.2) is 30.5 Å². The molecule has 0 aliphatic rings. The zero-order chi connectivity index (χ0) is 27.7. The van der Waals surface area contributed by atoms with E-state index in [0.717, 1.165) is 16.5 Å². The van der Waals surface area contributed by atoms with Crippen LogP contribution in [0.25, 0.3) is 10.9 Å². The lowest BCUT2D eigenvalue weighted by molar-refractivity contribution is -0.143. The standard InChI is InChI=1S/C24H34N6O7/c1-12(2)20(24(36)37)30-23(35)18(11-31)29-22(34)17(7-8-19(26)32)28-21(33)15(25)9-13-10-27-16-6-4-3-5-14(13)16/h3-6,10,12,15,17-18,20,27,31H,7-9,11,25H2,1-2H3,(H2,26,32)(H,28,33)(H,29,34)(H,30,35)(H,36,37). The summed E-state index contributed by atoms with van der Waals surface area (Å²) >= 11 is 0. The molecule has 4 unspecified atom stereocenters. The molecule has 0 saturated heterocycles. The normalized spacial score (nSPS) is 14.4. The summed E-state index contributed by atoms with van der Waals surface area (Å²) in [6.45, 7) is 2.33. The summed E-state index contributed by atoms with van der Waals surface area (Å²) in [4.78, 5) is 64.0. The molecular formula is C24H34N6O7. The molecule has 0 saturated carbocycles. The SMILES string of the molecule is CC(C)C(NC(=O)C(CO)NC(=O)C(CCC(N)=O)NC(=O)C(N)Cc1c[nH]c2ccccc12)C(=O)O. The van der Waals surface area contributed by atoms with Gasteiger partial charge in [0.25, 0.3) is 0 Å². The number of benzene rings is 1. The lowest BCUT2D eigenvalue weighted by Gasteiger charge is -2.25. The van der Waals surface area contributed by atoms with Crippen molar-refractivity contribution in [1.29, 1.82) is 0 Å². The van der Waals surface area contributed by atoms with Crippen LogP contribution in [0, 0.1) is 5.92 Å². The van der Waals surface area contributed by atoms with Gasteiger partial charge in [0.1, 0.15) is 18.1 Å². The van der Waals surface area contributed by atoms with Crippen molar-refractivity contribution in [2.24, 2.45) is 17.4 Å². The fourth-order valence-electron chi connectivity index (χ4n) is 3.70. The first-order valence-corrected chi connectivity index (χ1v) is 11.8. The molecule has 4 atom stereocenters. The van der Waals surface area contributed by atoms with Crippen molar-refractivity contribution in [3.8, 4) is 0 Å². The van der Waals surface area contributed by atoms with Crippen molar-refractivity contribution in [2.75, 3.05) is 6.61 Å². The molecule has 202 valence electrons. The first kappa shape index (κ1) is 29.3. The highest BCUT2D eigenvalue weighted by atomic mass is 16.4. The number of fused-ring (bicyclic) bond motifs is 1. The Morgan fingerprint density at radius 1 is 0.973 bits per heavy atom. The van der Waals surface area contributed by atoms with Crippen LogP contribution in [0.3, 0.4) is 0 Å². The highest BCUT2D eigenvalue weighted by Crippen LogP contribution is 2.18. The molecule has 13 nitrogen and oxygen atoms in total. The smallest absolute Gasteiger partial charge is 0.326 e. The minimum atomic E-state index is -1.50. The zero-order valence-corrected chi connectivity index (χ0v) is 20.7. The van der Waals surface area contributed by atoms with Gasteiger partial charge >= 0.3 is 5.97 Å². The third-order valence-corrected chi connectivity index (χ3v) is 5.81. The van der Waals surface area contributed by atoms with Gasteiger partial charge in [-0.2, -0.15) is 0 Å². The number of rotatable bonds is 14. The monoisotopic (exact) mass is 518 g/mol. The molecule has 1 heterocycles. The first-order valence-electron chi connectivity index (χ1n) is 11.8. The number of aliphatic carboxylic acids is 1. The Bertz CT molecular complexity index is 1130. The van der Waals surface area contributed by atoms with Gasteiger partial charge in [0, 0.05) is 23.5 Å². The van der Waals surface area contributed by atoms with E-state index in [1.165, 1.54) is 0 Å². The Morgan fingerprint density at radius 2 is 1.59 bits per heavy atom. The predicted octanol–water partition coefficient (Wildman–Crippen LogP) is -1.51. The summed E-state index contributed by atoms with van der Waals surface area (Å²) in [5.41, 5.74) is 12.9. The fourth-order valence-corrected chi connectivity index (χ4v) is 3.70. The Labute approximate surface area is 213 Å². The second-order valence-corrected chi connectivity index (χ2v) is 9.05. The van der Waals surface area contributed by atoms with E-state index < -0.39 is 66.3 Å². The molecule has 0 aliphatic heterocycles. The van der Waals surface area contributed by atoms with Gasteiger partial charge in [0.15, 0.2) is 0 Å². The van der Waals surface area contributed by atoms with Crippen molar-refractivity contribution >= 4 is 40.5 Å². The number of aromatic amines is 1. The minimum absolute atomic E-state index is 0.160. The maximum Gasteiger partial charge on any atom is 0.326 e. The number of hydrogen-bond donors (Lipinski definition) is 8. The molecule has 10 N–H and O–H groups in total. The number of hydrogen-bond acceptors (Lipinski definition) is 7. The molecule has 2 rings (SSSR count). The van der Waals surface area contributed by atoms with E-state index >= 15 is 0 Å². The van der Waals surface area contributed by atoms with Gasteiger partial charge in [0.05, 0.1) is 12.6 Å². The number of amides is 4. The summed E-state index contributed by atoms with van der Waals surface area (Å²) in [7, 11) is 0. The summed E-state index contributed by atoms with van der Waals surface area (Å²) in [5, 5.41) is 26.8. The molecule has 4 amide bonds. The van der Waals surface area contributed by atoms with E-state index in [9.17, 15) is 34.2 Å². The number of H-pyrrole nitrogens is 1. The number of nitrogens with two attached hydrogens (primary N) is 2. The second-order valence-electron chi connectivity index (χ2n) is 9.05. The molecule has 13 heteroatoms. The van der Waals surface area contributed by atoms with E-state index in [1.54, 1.807) is 20.0 Å². The fraction of sp³-hybridized carbons (Fsp3) is 0.458. The number of primary amides is 1. The molecule has 0 aliphatic carbocycles. The van der Waals surface area contributed by atoms with Crippen molar-refractivity contribution < 1.29 is 34.2 Å². The average Bonchev–Trinajstić information content (AvgIpc) is 3.25. The summed E-state index contributed by atoms with van der Waals surface area (Å²) in [5.74, 6) is -4.93. The van der Waals surface area contributed by atoms with Crippen LogP contribution in [0.5, 0.6) is 0 Å². The van der Waals surface area contributed by atoms with E-state index in [1.807, 2.05) is 24.3 Å². The molecule has 1 aromatic carbocycles. The van der Waals surface area contributed by atoms with Gasteiger partial charge < -0.3 is 42.6 Å². The summed E-state index contributed by atoms with van der Waals surface area (Å²) < 4.78 is 0. The van der Waals surface area contributed by atoms with Crippen LogP contribution in [0.2, 0.25) is 0 Å². The van der Waals surface area contributed by atoms with Gasteiger partial charge in [-0.1, -0.05) is 32.0 Å². The zero-order valence-electron chi connectivity index (χ0n) is 20.7. The molecule has 0 spiro atoms. The molecule has 0 radical (unpaired) electrons. The van der Waals surface area contributed by atoms with Crippen LogP contribution in [0.4, 0.5) is 0 Å². The van der Waals surface area contributed by atoms with Crippen LogP contribution >= 0.6 is 0 Å². The number of aliphatic hydroxyl groups is 1. The van der Waals surface area contributed by atoms with Crippen LogP contribution in [-0.4, -0.2) is 75.6 Å². The lowest BCUT2D eigenvalue weighted by atomic mass is 10.0. The van der Waals surface area contributed by atoms with E-state index in [0.29, 0.717) is 0 Å². The lowest BCUT2D eigenvalue weighted by Crippen LogP contribution is -2.58. The quantitative estimate of drug-likeness (QED) is 0.146. The van der Waals surface area contributed by atoms with E-state index in [-0.39, 0.29) is 19.3 Å². The van der Waals surface area contributed by atoms with Gasteiger partial charge in [-0.3, -0.25) is 19.2 Å². The van der Waals surface area contributed by atoms with Crippen LogP contribution in [0.1, 0.15) is 32.3 Å². The largest absolute Gasteiger partial charge is 0.480 e.